The van der Waals surface area contributed by atoms with Gasteiger partial charge in [-0.25, -0.2) is 4.79 Å². The van der Waals surface area contributed by atoms with E-state index in [1.807, 2.05) is 6.92 Å². The number of nitrogens with zero attached hydrogens (tertiary/aromatic N) is 1. The molecule has 0 aliphatic heterocycles. The van der Waals surface area contributed by atoms with Crippen LogP contribution in [0.5, 0.6) is 0 Å². The maximum atomic E-state index is 11.1. The molecule has 3 aromatic rings. The summed E-state index contributed by atoms with van der Waals surface area (Å²) in [6.07, 6.45) is 12.8. The minimum atomic E-state index is -0.409. The maximum absolute atomic E-state index is 11.1. The summed E-state index contributed by atoms with van der Waals surface area (Å²) in [5.41, 5.74) is 10.1. The SMILES string of the molecule is CCCCCCC1(CCCCCC)c2ccccc2-c2ccc(-c3ccc(/C(C)=N/OC(C)=O)cc3)cc21. The molecule has 0 fully saturated rings. The first-order valence-electron chi connectivity index (χ1n) is 14.6. The lowest BCUT2D eigenvalue weighted by molar-refractivity contribution is -0.140. The number of hydrogen-bond acceptors (Lipinski definition) is 3. The fourth-order valence-corrected chi connectivity index (χ4v) is 6.10. The van der Waals surface area contributed by atoms with Gasteiger partial charge in [-0.1, -0.05) is 131 Å². The average molecular weight is 510 g/mol. The zero-order chi connectivity index (χ0) is 27.0. The molecule has 3 heteroatoms. The van der Waals surface area contributed by atoms with Gasteiger partial charge in [0.25, 0.3) is 0 Å². The van der Waals surface area contributed by atoms with E-state index in [4.69, 9.17) is 4.84 Å². The second kappa shape index (κ2) is 13.0. The predicted molar refractivity (Wildman–Crippen MR) is 160 cm³/mol. The molecule has 0 unspecified atom stereocenters. The average Bonchev–Trinajstić information content (AvgIpc) is 3.21. The molecule has 1 aliphatic carbocycles. The van der Waals surface area contributed by atoms with Gasteiger partial charge in [0.2, 0.25) is 0 Å². The number of unbranched alkanes of at least 4 members (excludes halogenated alkanes) is 6. The van der Waals surface area contributed by atoms with Gasteiger partial charge in [-0.15, -0.1) is 0 Å². The third kappa shape index (κ3) is 6.09. The topological polar surface area (TPSA) is 38.7 Å². The zero-order valence-corrected chi connectivity index (χ0v) is 23.7. The van der Waals surface area contributed by atoms with Crippen LogP contribution in [0.4, 0.5) is 0 Å². The highest BCUT2D eigenvalue weighted by molar-refractivity contribution is 5.99. The second-order valence-corrected chi connectivity index (χ2v) is 10.8. The van der Waals surface area contributed by atoms with E-state index < -0.39 is 5.97 Å². The fraction of sp³-hybridized carbons (Fsp3) is 0.429. The van der Waals surface area contributed by atoms with Crippen LogP contribution >= 0.6 is 0 Å². The molecule has 0 aromatic heterocycles. The van der Waals surface area contributed by atoms with Gasteiger partial charge in [0, 0.05) is 12.3 Å². The van der Waals surface area contributed by atoms with Gasteiger partial charge in [0.15, 0.2) is 0 Å². The van der Waals surface area contributed by atoms with Crippen molar-refractivity contribution in [3.8, 4) is 22.3 Å². The number of benzene rings is 3. The van der Waals surface area contributed by atoms with Crippen molar-refractivity contribution in [3.05, 3.63) is 83.4 Å². The van der Waals surface area contributed by atoms with Gasteiger partial charge in [-0.05, 0) is 64.8 Å². The molecule has 0 bridgehead atoms. The molecule has 200 valence electrons. The van der Waals surface area contributed by atoms with Crippen LogP contribution in [0.25, 0.3) is 22.3 Å². The molecule has 3 aromatic carbocycles. The van der Waals surface area contributed by atoms with Crippen molar-refractivity contribution in [2.24, 2.45) is 5.16 Å². The van der Waals surface area contributed by atoms with E-state index >= 15 is 0 Å². The van der Waals surface area contributed by atoms with Crippen LogP contribution in [0.1, 0.15) is 109 Å². The van der Waals surface area contributed by atoms with Gasteiger partial charge < -0.3 is 4.84 Å². The number of carbonyl (C=O) groups excluding carboxylic acids is 1. The lowest BCUT2D eigenvalue weighted by Gasteiger charge is -2.33. The van der Waals surface area contributed by atoms with Gasteiger partial charge >= 0.3 is 5.97 Å². The fourth-order valence-electron chi connectivity index (χ4n) is 6.10. The van der Waals surface area contributed by atoms with Crippen LogP contribution in [0.3, 0.4) is 0 Å². The number of rotatable bonds is 13. The summed E-state index contributed by atoms with van der Waals surface area (Å²) in [6.45, 7) is 7.81. The second-order valence-electron chi connectivity index (χ2n) is 10.8. The van der Waals surface area contributed by atoms with E-state index in [-0.39, 0.29) is 5.41 Å². The smallest absolute Gasteiger partial charge is 0.318 e. The van der Waals surface area contributed by atoms with E-state index in [9.17, 15) is 4.79 Å². The van der Waals surface area contributed by atoms with Crippen LogP contribution in [-0.4, -0.2) is 11.7 Å². The van der Waals surface area contributed by atoms with Crippen molar-refractivity contribution < 1.29 is 9.63 Å². The highest BCUT2D eigenvalue weighted by Gasteiger charge is 2.42. The zero-order valence-electron chi connectivity index (χ0n) is 23.7. The Kier molecular flexibility index (Phi) is 9.55. The normalized spacial score (nSPS) is 13.7. The molecular formula is C35H43NO2. The summed E-state index contributed by atoms with van der Waals surface area (Å²) in [7, 11) is 0. The third-order valence-corrected chi connectivity index (χ3v) is 8.13. The predicted octanol–water partition coefficient (Wildman–Crippen LogP) is 9.85. The van der Waals surface area contributed by atoms with Crippen molar-refractivity contribution in [1.82, 2.24) is 0 Å². The molecule has 4 rings (SSSR count). The van der Waals surface area contributed by atoms with E-state index in [0.29, 0.717) is 5.71 Å². The van der Waals surface area contributed by atoms with Crippen LogP contribution < -0.4 is 0 Å². The molecule has 1 aliphatic rings. The van der Waals surface area contributed by atoms with Gasteiger partial charge in [0.05, 0.1) is 5.71 Å². The summed E-state index contributed by atoms with van der Waals surface area (Å²) < 4.78 is 0. The largest absolute Gasteiger partial charge is 0.331 e. The van der Waals surface area contributed by atoms with Crippen molar-refractivity contribution in [3.63, 3.8) is 0 Å². The highest BCUT2D eigenvalue weighted by Crippen LogP contribution is 2.54. The van der Waals surface area contributed by atoms with Crippen molar-refractivity contribution in [1.29, 1.82) is 0 Å². The van der Waals surface area contributed by atoms with Crippen molar-refractivity contribution in [2.45, 2.75) is 97.3 Å². The summed E-state index contributed by atoms with van der Waals surface area (Å²) >= 11 is 0. The molecule has 38 heavy (non-hydrogen) atoms. The first-order chi connectivity index (χ1) is 18.5. The lowest BCUT2D eigenvalue weighted by Crippen LogP contribution is -2.25. The number of carbonyl (C=O) groups is 1. The van der Waals surface area contributed by atoms with Crippen LogP contribution in [0.2, 0.25) is 0 Å². The molecule has 0 saturated heterocycles. The number of fused-ring (bicyclic) bond motifs is 3. The monoisotopic (exact) mass is 509 g/mol. The van der Waals surface area contributed by atoms with Gasteiger partial charge in [0.1, 0.15) is 0 Å². The molecule has 0 atom stereocenters. The molecule has 0 radical (unpaired) electrons. The van der Waals surface area contributed by atoms with E-state index in [2.05, 4.69) is 85.7 Å². The highest BCUT2D eigenvalue weighted by atomic mass is 16.7. The number of hydrogen-bond donors (Lipinski definition) is 0. The van der Waals surface area contributed by atoms with E-state index in [1.165, 1.54) is 105 Å². The Balaban J connectivity index is 1.71. The lowest BCUT2D eigenvalue weighted by atomic mass is 9.70. The Morgan fingerprint density at radius 3 is 1.95 bits per heavy atom. The Hall–Kier alpha value is -3.20. The van der Waals surface area contributed by atoms with Gasteiger partial charge in [-0.2, -0.15) is 0 Å². The first kappa shape index (κ1) is 27.8. The molecule has 0 saturated carbocycles. The Labute approximate surface area is 229 Å². The molecule has 0 heterocycles. The quantitative estimate of drug-likeness (QED) is 0.0995. The maximum Gasteiger partial charge on any atom is 0.331 e. The Bertz CT molecular complexity index is 1240. The summed E-state index contributed by atoms with van der Waals surface area (Å²) in [5, 5.41) is 3.94. The molecule has 0 spiro atoms. The molecular weight excluding hydrogens is 466 g/mol. The Morgan fingerprint density at radius 2 is 1.32 bits per heavy atom. The third-order valence-electron chi connectivity index (χ3n) is 8.13. The van der Waals surface area contributed by atoms with E-state index in [1.54, 1.807) is 0 Å². The standard InChI is InChI=1S/C35H43NO2/c1-5-7-9-13-23-35(24-14-10-8-6-2)33-16-12-11-15-31(33)32-22-21-30(25-34(32)35)29-19-17-28(18-20-29)26(3)36-38-27(4)37/h11-12,15-22,25H,5-10,13-14,23-24H2,1-4H3/b36-26+. The Morgan fingerprint density at radius 1 is 0.711 bits per heavy atom. The van der Waals surface area contributed by atoms with Crippen LogP contribution in [-0.2, 0) is 15.0 Å². The van der Waals surface area contributed by atoms with Crippen LogP contribution in [0.15, 0.2) is 71.9 Å². The minimum absolute atomic E-state index is 0.0939. The summed E-state index contributed by atoms with van der Waals surface area (Å²) in [6, 6.07) is 24.7. The van der Waals surface area contributed by atoms with Crippen LogP contribution in [0, 0.1) is 0 Å². The van der Waals surface area contributed by atoms with E-state index in [0.717, 1.165) is 5.56 Å². The summed E-state index contributed by atoms with van der Waals surface area (Å²) in [5.74, 6) is -0.409. The van der Waals surface area contributed by atoms with Gasteiger partial charge in [-0.3, -0.25) is 0 Å². The molecule has 0 N–H and O–H groups in total. The number of oxime groups is 1. The molecule has 3 nitrogen and oxygen atoms in total. The van der Waals surface area contributed by atoms with Crippen molar-refractivity contribution >= 4 is 11.7 Å². The first-order valence-corrected chi connectivity index (χ1v) is 14.6. The van der Waals surface area contributed by atoms with Crippen molar-refractivity contribution in [2.75, 3.05) is 0 Å². The molecule has 0 amide bonds. The summed E-state index contributed by atoms with van der Waals surface area (Å²) in [4.78, 5) is 15.9. The minimum Gasteiger partial charge on any atom is -0.318 e.